The van der Waals surface area contributed by atoms with Gasteiger partial charge in [0, 0.05) is 30.5 Å². The van der Waals surface area contributed by atoms with Crippen molar-refractivity contribution in [3.8, 4) is 0 Å². The van der Waals surface area contributed by atoms with Crippen LogP contribution in [0.2, 0.25) is 0 Å². The second-order valence-electron chi connectivity index (χ2n) is 8.48. The number of urea groups is 1. The SMILES string of the molecule is CC(C)(C)c1ccc(NC(=O)N2CC=C(c3ncc(C(O)CO)cc3F)CC2)cc1. The summed E-state index contributed by atoms with van der Waals surface area (Å²) in [4.78, 5) is 18.3. The fraction of sp³-hybridized carbons (Fsp3) is 0.391. The molecule has 0 radical (unpaired) electrons. The molecule has 0 fully saturated rings. The topological polar surface area (TPSA) is 85.7 Å². The van der Waals surface area contributed by atoms with Crippen molar-refractivity contribution in [1.82, 2.24) is 9.88 Å². The van der Waals surface area contributed by atoms with Gasteiger partial charge in [-0.2, -0.15) is 0 Å². The summed E-state index contributed by atoms with van der Waals surface area (Å²) < 4.78 is 14.4. The molecule has 0 aliphatic carbocycles. The van der Waals surface area contributed by atoms with E-state index in [1.807, 2.05) is 24.3 Å². The number of carbonyl (C=O) groups excluding carboxylic acids is 1. The number of pyridine rings is 1. The molecule has 1 aromatic heterocycles. The smallest absolute Gasteiger partial charge is 0.322 e. The molecule has 2 aromatic rings. The first-order chi connectivity index (χ1) is 14.2. The zero-order chi connectivity index (χ0) is 21.9. The molecule has 0 spiro atoms. The molecule has 0 bridgehead atoms. The minimum absolute atomic E-state index is 0.0499. The predicted octanol–water partition coefficient (Wildman–Crippen LogP) is 3.87. The Hall–Kier alpha value is -2.77. The van der Waals surface area contributed by atoms with Gasteiger partial charge in [0.1, 0.15) is 17.6 Å². The van der Waals surface area contributed by atoms with E-state index in [0.29, 0.717) is 19.5 Å². The van der Waals surface area contributed by atoms with Crippen LogP contribution in [0, 0.1) is 5.82 Å². The van der Waals surface area contributed by atoms with Gasteiger partial charge in [0.15, 0.2) is 0 Å². The van der Waals surface area contributed by atoms with E-state index < -0.39 is 18.5 Å². The third kappa shape index (κ3) is 5.04. The highest BCUT2D eigenvalue weighted by Gasteiger charge is 2.21. The van der Waals surface area contributed by atoms with Crippen LogP contribution in [0.3, 0.4) is 0 Å². The summed E-state index contributed by atoms with van der Waals surface area (Å²) in [6.07, 6.45) is 2.47. The summed E-state index contributed by atoms with van der Waals surface area (Å²) >= 11 is 0. The molecule has 1 aliphatic heterocycles. The van der Waals surface area contributed by atoms with Crippen LogP contribution < -0.4 is 5.32 Å². The molecule has 3 rings (SSSR count). The van der Waals surface area contributed by atoms with Crippen LogP contribution >= 0.6 is 0 Å². The number of halogens is 1. The van der Waals surface area contributed by atoms with E-state index in [4.69, 9.17) is 5.11 Å². The van der Waals surface area contributed by atoms with Crippen molar-refractivity contribution >= 4 is 17.3 Å². The summed E-state index contributed by atoms with van der Waals surface area (Å²) in [5.41, 5.74) is 3.13. The molecular weight excluding hydrogens is 385 g/mol. The van der Waals surface area contributed by atoms with Gasteiger partial charge < -0.3 is 20.4 Å². The molecule has 3 N–H and O–H groups in total. The van der Waals surface area contributed by atoms with E-state index in [2.05, 4.69) is 31.1 Å². The second kappa shape index (κ2) is 8.93. The molecular formula is C23H28FN3O3. The first-order valence-electron chi connectivity index (χ1n) is 9.99. The summed E-state index contributed by atoms with van der Waals surface area (Å²) in [6.45, 7) is 6.71. The summed E-state index contributed by atoms with van der Waals surface area (Å²) in [5.74, 6) is -0.553. The molecule has 7 heteroatoms. The van der Waals surface area contributed by atoms with E-state index in [1.165, 1.54) is 17.8 Å². The first kappa shape index (κ1) is 21.9. The van der Waals surface area contributed by atoms with Crippen molar-refractivity contribution in [2.75, 3.05) is 25.0 Å². The standard InChI is InChI=1S/C23H28FN3O3/c1-23(2,3)17-4-6-18(7-5-17)26-22(30)27-10-8-15(9-11-27)21-19(24)12-16(13-25-21)20(29)14-28/h4-8,12-13,20,28-29H,9-11,14H2,1-3H3,(H,26,30). The van der Waals surface area contributed by atoms with Gasteiger partial charge >= 0.3 is 6.03 Å². The molecule has 6 nitrogen and oxygen atoms in total. The first-order valence-corrected chi connectivity index (χ1v) is 9.99. The monoisotopic (exact) mass is 413 g/mol. The van der Waals surface area contributed by atoms with Gasteiger partial charge in [0.2, 0.25) is 0 Å². The number of carbonyl (C=O) groups is 1. The van der Waals surface area contributed by atoms with Gasteiger partial charge in [-0.05, 0) is 41.2 Å². The molecule has 160 valence electrons. The number of amides is 2. The fourth-order valence-electron chi connectivity index (χ4n) is 3.30. The maximum Gasteiger partial charge on any atom is 0.322 e. The highest BCUT2D eigenvalue weighted by molar-refractivity contribution is 5.90. The number of aliphatic hydroxyl groups excluding tert-OH is 2. The number of nitrogens with one attached hydrogen (secondary N) is 1. The highest BCUT2D eigenvalue weighted by atomic mass is 19.1. The Bertz CT molecular complexity index is 936. The molecule has 1 unspecified atom stereocenters. The number of nitrogens with zero attached hydrogens (tertiary/aromatic N) is 2. The number of anilines is 1. The Morgan fingerprint density at radius 2 is 2.00 bits per heavy atom. The van der Waals surface area contributed by atoms with Gasteiger partial charge in [-0.1, -0.05) is 39.0 Å². The minimum Gasteiger partial charge on any atom is -0.393 e. The van der Waals surface area contributed by atoms with Crippen LogP contribution in [0.1, 0.15) is 50.1 Å². The predicted molar refractivity (Wildman–Crippen MR) is 115 cm³/mol. The lowest BCUT2D eigenvalue weighted by Gasteiger charge is -2.27. The lowest BCUT2D eigenvalue weighted by atomic mass is 9.87. The van der Waals surface area contributed by atoms with Gasteiger partial charge in [0.25, 0.3) is 0 Å². The minimum atomic E-state index is -1.15. The van der Waals surface area contributed by atoms with Crippen LogP contribution in [-0.4, -0.2) is 45.8 Å². The quantitative estimate of drug-likeness (QED) is 0.710. The maximum atomic E-state index is 14.4. The van der Waals surface area contributed by atoms with E-state index in [0.717, 1.165) is 11.3 Å². The number of aliphatic hydroxyl groups is 2. The molecule has 1 aliphatic rings. The third-order valence-electron chi connectivity index (χ3n) is 5.22. The Labute approximate surface area is 176 Å². The van der Waals surface area contributed by atoms with Crippen LogP contribution in [0.5, 0.6) is 0 Å². The van der Waals surface area contributed by atoms with Gasteiger partial charge in [-0.15, -0.1) is 0 Å². The Balaban J connectivity index is 1.63. The number of aromatic nitrogens is 1. The largest absolute Gasteiger partial charge is 0.393 e. The summed E-state index contributed by atoms with van der Waals surface area (Å²) in [5, 5.41) is 21.5. The van der Waals surface area contributed by atoms with Crippen molar-refractivity contribution in [2.45, 2.75) is 38.7 Å². The molecule has 0 saturated carbocycles. The molecule has 2 amide bonds. The number of rotatable bonds is 4. The molecule has 0 saturated heterocycles. The Morgan fingerprint density at radius 1 is 1.30 bits per heavy atom. The maximum absolute atomic E-state index is 14.4. The van der Waals surface area contributed by atoms with Crippen molar-refractivity contribution in [1.29, 1.82) is 0 Å². The van der Waals surface area contributed by atoms with Crippen molar-refractivity contribution in [3.63, 3.8) is 0 Å². The van der Waals surface area contributed by atoms with Crippen molar-refractivity contribution in [2.24, 2.45) is 0 Å². The Kier molecular flexibility index (Phi) is 6.53. The van der Waals surface area contributed by atoms with Crippen LogP contribution in [-0.2, 0) is 5.41 Å². The number of hydrogen-bond donors (Lipinski definition) is 3. The van der Waals surface area contributed by atoms with Gasteiger partial charge in [-0.25, -0.2) is 9.18 Å². The van der Waals surface area contributed by atoms with Crippen molar-refractivity contribution in [3.05, 3.63) is 65.2 Å². The van der Waals surface area contributed by atoms with Crippen molar-refractivity contribution < 1.29 is 19.4 Å². The molecule has 1 atom stereocenters. The third-order valence-corrected chi connectivity index (χ3v) is 5.22. The van der Waals surface area contributed by atoms with E-state index in [-0.39, 0.29) is 22.7 Å². The van der Waals surface area contributed by atoms with Crippen LogP contribution in [0.25, 0.3) is 5.57 Å². The molecule has 30 heavy (non-hydrogen) atoms. The van der Waals surface area contributed by atoms with Crippen LogP contribution in [0.15, 0.2) is 42.6 Å². The summed E-state index contributed by atoms with van der Waals surface area (Å²) in [6, 6.07) is 8.79. The normalized spacial score (nSPS) is 15.5. The lowest BCUT2D eigenvalue weighted by Crippen LogP contribution is -2.38. The zero-order valence-electron chi connectivity index (χ0n) is 17.5. The van der Waals surface area contributed by atoms with E-state index in [1.54, 1.807) is 11.0 Å². The van der Waals surface area contributed by atoms with Gasteiger partial charge in [-0.3, -0.25) is 4.98 Å². The molecule has 1 aromatic carbocycles. The zero-order valence-corrected chi connectivity index (χ0v) is 17.5. The summed E-state index contributed by atoms with van der Waals surface area (Å²) in [7, 11) is 0. The lowest BCUT2D eigenvalue weighted by molar-refractivity contribution is 0.0950. The second-order valence-corrected chi connectivity index (χ2v) is 8.48. The Morgan fingerprint density at radius 3 is 2.53 bits per heavy atom. The average molecular weight is 413 g/mol. The number of benzene rings is 1. The van der Waals surface area contributed by atoms with E-state index >= 15 is 0 Å². The average Bonchev–Trinajstić information content (AvgIpc) is 2.73. The fourth-order valence-corrected chi connectivity index (χ4v) is 3.30. The van der Waals surface area contributed by atoms with E-state index in [9.17, 15) is 14.3 Å². The highest BCUT2D eigenvalue weighted by Crippen LogP contribution is 2.26. The molecule has 2 heterocycles. The number of hydrogen-bond acceptors (Lipinski definition) is 4. The van der Waals surface area contributed by atoms with Gasteiger partial charge in [0.05, 0.1) is 6.61 Å². The van der Waals surface area contributed by atoms with Crippen LogP contribution in [0.4, 0.5) is 14.9 Å².